The third-order valence-electron chi connectivity index (χ3n) is 3.72. The first-order valence-electron chi connectivity index (χ1n) is 9.88. The molecule has 0 aliphatic rings. The molecule has 0 fully saturated rings. The van der Waals surface area contributed by atoms with E-state index in [1.807, 2.05) is 6.92 Å². The van der Waals surface area contributed by atoms with Crippen LogP contribution in [0.15, 0.2) is 0 Å². The van der Waals surface area contributed by atoms with Crippen LogP contribution in [-0.4, -0.2) is 12.6 Å². The summed E-state index contributed by atoms with van der Waals surface area (Å²) in [6.07, 6.45) is 17.3. The Labute approximate surface area is 140 Å². The lowest BCUT2D eigenvalue weighted by molar-refractivity contribution is -0.143. The third kappa shape index (κ3) is 24.5. The van der Waals surface area contributed by atoms with Gasteiger partial charge in [0.05, 0.1) is 6.61 Å². The highest BCUT2D eigenvalue weighted by Crippen LogP contribution is 2.10. The monoisotopic (exact) mass is 314 g/mol. The molecule has 22 heavy (non-hydrogen) atoms. The summed E-state index contributed by atoms with van der Waals surface area (Å²) in [5.74, 6) is -0.0339. The molecule has 134 valence electrons. The van der Waals surface area contributed by atoms with E-state index >= 15 is 0 Å². The Bertz CT molecular complexity index is 200. The summed E-state index contributed by atoms with van der Waals surface area (Å²) in [6.45, 7) is 9.24. The molecule has 0 aromatic rings. The molecule has 0 saturated carbocycles. The number of esters is 1. The molecule has 2 heteroatoms. The Morgan fingerprint density at radius 3 is 1.45 bits per heavy atom. The van der Waals surface area contributed by atoms with Crippen molar-refractivity contribution in [3.8, 4) is 0 Å². The summed E-state index contributed by atoms with van der Waals surface area (Å²) >= 11 is 0. The van der Waals surface area contributed by atoms with Crippen LogP contribution in [0.5, 0.6) is 0 Å². The average molecular weight is 315 g/mol. The fraction of sp³-hybridized carbons (Fsp3) is 0.950. The van der Waals surface area contributed by atoms with E-state index in [1.165, 1.54) is 70.6 Å². The number of hydrogen-bond acceptors (Lipinski definition) is 2. The molecule has 0 atom stereocenters. The van der Waals surface area contributed by atoms with E-state index in [0.717, 1.165) is 12.8 Å². The quantitative estimate of drug-likeness (QED) is 0.253. The van der Waals surface area contributed by atoms with Gasteiger partial charge in [0.2, 0.25) is 0 Å². The van der Waals surface area contributed by atoms with E-state index in [2.05, 4.69) is 20.8 Å². The van der Waals surface area contributed by atoms with E-state index in [0.29, 0.717) is 13.0 Å². The van der Waals surface area contributed by atoms with E-state index in [-0.39, 0.29) is 5.97 Å². The highest BCUT2D eigenvalue weighted by Gasteiger charge is 1.99. The normalized spacial score (nSPS) is 10.0. The Kier molecular flexibility index (Phi) is 24.5. The largest absolute Gasteiger partial charge is 0.466 e. The second-order valence-electron chi connectivity index (χ2n) is 6.15. The molecule has 0 amide bonds. The molecule has 0 aromatic carbocycles. The molecule has 0 saturated heterocycles. The van der Waals surface area contributed by atoms with Crippen LogP contribution in [0.1, 0.15) is 118 Å². The second kappa shape index (κ2) is 22.7. The molecule has 0 aliphatic carbocycles. The second-order valence-corrected chi connectivity index (χ2v) is 6.15. The van der Waals surface area contributed by atoms with E-state index in [1.54, 1.807) is 0 Å². The fourth-order valence-corrected chi connectivity index (χ4v) is 2.05. The van der Waals surface area contributed by atoms with E-state index in [4.69, 9.17) is 4.74 Å². The minimum absolute atomic E-state index is 0.0339. The van der Waals surface area contributed by atoms with Crippen molar-refractivity contribution >= 4 is 5.97 Å². The number of carbonyl (C=O) groups excluding carboxylic acids is 1. The standard InChI is InChI=1S/C16H32O2.C4H10/c1-3-5-6-7-8-9-10-11-12-13-15-18-16(17)14-4-2;1-3-4-2/h3-15H2,1-2H3;3-4H2,1-2H3. The van der Waals surface area contributed by atoms with Gasteiger partial charge in [0.25, 0.3) is 0 Å². The van der Waals surface area contributed by atoms with Gasteiger partial charge in [0.15, 0.2) is 0 Å². The molecule has 0 radical (unpaired) electrons. The molecule has 0 heterocycles. The average Bonchev–Trinajstić information content (AvgIpc) is 2.53. The van der Waals surface area contributed by atoms with Gasteiger partial charge in [-0.1, -0.05) is 98.3 Å². The van der Waals surface area contributed by atoms with Crippen LogP contribution in [-0.2, 0) is 9.53 Å². The minimum Gasteiger partial charge on any atom is -0.466 e. The zero-order chi connectivity index (χ0) is 16.9. The Morgan fingerprint density at radius 2 is 1.05 bits per heavy atom. The van der Waals surface area contributed by atoms with Gasteiger partial charge in [-0.05, 0) is 12.8 Å². The van der Waals surface area contributed by atoms with Gasteiger partial charge in [-0.15, -0.1) is 0 Å². The number of rotatable bonds is 14. The van der Waals surface area contributed by atoms with Crippen molar-refractivity contribution in [1.29, 1.82) is 0 Å². The summed E-state index contributed by atoms with van der Waals surface area (Å²) in [4.78, 5) is 11.1. The van der Waals surface area contributed by atoms with Crippen molar-refractivity contribution in [3.63, 3.8) is 0 Å². The third-order valence-corrected chi connectivity index (χ3v) is 3.72. The maximum atomic E-state index is 11.1. The topological polar surface area (TPSA) is 26.3 Å². The number of hydrogen-bond donors (Lipinski definition) is 0. The van der Waals surface area contributed by atoms with Crippen molar-refractivity contribution in [2.45, 2.75) is 118 Å². The SMILES string of the molecule is CCCC.CCCCCCCCCCCCOC(=O)CCC. The molecule has 0 unspecified atom stereocenters. The van der Waals surface area contributed by atoms with Crippen molar-refractivity contribution in [1.82, 2.24) is 0 Å². The molecule has 0 spiro atoms. The molecular weight excluding hydrogens is 272 g/mol. The van der Waals surface area contributed by atoms with Gasteiger partial charge in [0, 0.05) is 6.42 Å². The van der Waals surface area contributed by atoms with Crippen LogP contribution in [0.25, 0.3) is 0 Å². The van der Waals surface area contributed by atoms with Gasteiger partial charge in [-0.3, -0.25) is 4.79 Å². The zero-order valence-corrected chi connectivity index (χ0v) is 15.9. The van der Waals surface area contributed by atoms with E-state index in [9.17, 15) is 4.79 Å². The number of unbranched alkanes of at least 4 members (excludes halogenated alkanes) is 10. The van der Waals surface area contributed by atoms with Gasteiger partial charge < -0.3 is 4.74 Å². The Hall–Kier alpha value is -0.530. The van der Waals surface area contributed by atoms with Gasteiger partial charge >= 0.3 is 5.97 Å². The highest BCUT2D eigenvalue weighted by atomic mass is 16.5. The van der Waals surface area contributed by atoms with Gasteiger partial charge in [0.1, 0.15) is 0 Å². The highest BCUT2D eigenvalue weighted by molar-refractivity contribution is 5.69. The van der Waals surface area contributed by atoms with Crippen LogP contribution in [0.4, 0.5) is 0 Å². The maximum Gasteiger partial charge on any atom is 0.305 e. The van der Waals surface area contributed by atoms with Crippen LogP contribution >= 0.6 is 0 Å². The maximum absolute atomic E-state index is 11.1. The first kappa shape index (κ1) is 23.7. The van der Waals surface area contributed by atoms with Crippen LogP contribution in [0, 0.1) is 0 Å². The van der Waals surface area contributed by atoms with Crippen molar-refractivity contribution in [2.24, 2.45) is 0 Å². The molecule has 0 aromatic heterocycles. The lowest BCUT2D eigenvalue weighted by atomic mass is 10.1. The van der Waals surface area contributed by atoms with Crippen molar-refractivity contribution < 1.29 is 9.53 Å². The molecule has 0 N–H and O–H groups in total. The number of ether oxygens (including phenoxy) is 1. The predicted octanol–water partition coefficient (Wildman–Crippen LogP) is 7.06. The smallest absolute Gasteiger partial charge is 0.305 e. The fourth-order valence-electron chi connectivity index (χ4n) is 2.05. The Morgan fingerprint density at radius 1 is 0.591 bits per heavy atom. The first-order valence-corrected chi connectivity index (χ1v) is 9.88. The first-order chi connectivity index (χ1) is 10.7. The predicted molar refractivity (Wildman–Crippen MR) is 98.3 cm³/mol. The lowest BCUT2D eigenvalue weighted by Crippen LogP contribution is -2.04. The van der Waals surface area contributed by atoms with Crippen LogP contribution in [0.3, 0.4) is 0 Å². The molecule has 0 rings (SSSR count). The summed E-state index contributed by atoms with van der Waals surface area (Å²) in [5.41, 5.74) is 0. The summed E-state index contributed by atoms with van der Waals surface area (Å²) in [5, 5.41) is 0. The minimum atomic E-state index is -0.0339. The van der Waals surface area contributed by atoms with Crippen LogP contribution in [0.2, 0.25) is 0 Å². The molecule has 0 aliphatic heterocycles. The molecule has 0 bridgehead atoms. The van der Waals surface area contributed by atoms with Gasteiger partial charge in [-0.2, -0.15) is 0 Å². The van der Waals surface area contributed by atoms with Crippen molar-refractivity contribution in [2.75, 3.05) is 6.61 Å². The van der Waals surface area contributed by atoms with Crippen LogP contribution < -0.4 is 0 Å². The zero-order valence-electron chi connectivity index (χ0n) is 15.9. The Balaban J connectivity index is 0. The molecular formula is C20H42O2. The van der Waals surface area contributed by atoms with Gasteiger partial charge in [-0.25, -0.2) is 0 Å². The molecule has 2 nitrogen and oxygen atoms in total. The number of carbonyl (C=O) groups is 1. The summed E-state index contributed by atoms with van der Waals surface area (Å²) in [6, 6.07) is 0. The van der Waals surface area contributed by atoms with E-state index < -0.39 is 0 Å². The van der Waals surface area contributed by atoms with Crippen molar-refractivity contribution in [3.05, 3.63) is 0 Å². The summed E-state index contributed by atoms with van der Waals surface area (Å²) in [7, 11) is 0. The lowest BCUT2D eigenvalue weighted by Gasteiger charge is -2.04. The summed E-state index contributed by atoms with van der Waals surface area (Å²) < 4.78 is 5.12.